The van der Waals surface area contributed by atoms with E-state index in [-0.39, 0.29) is 17.7 Å². The van der Waals surface area contributed by atoms with Crippen LogP contribution in [-0.2, 0) is 0 Å². The molecule has 1 aliphatic heterocycles. The maximum atomic E-state index is 12.4. The van der Waals surface area contributed by atoms with Crippen LogP contribution in [0.3, 0.4) is 0 Å². The number of piperidine rings is 1. The molecule has 1 saturated heterocycles. The second-order valence-corrected chi connectivity index (χ2v) is 6.00. The van der Waals surface area contributed by atoms with Crippen LogP contribution in [0.5, 0.6) is 5.75 Å². The Kier molecular flexibility index (Phi) is 3.95. The molecule has 2 atom stereocenters. The lowest BCUT2D eigenvalue weighted by Crippen LogP contribution is -2.44. The molecule has 3 nitrogen and oxygen atoms in total. The average Bonchev–Trinajstić information content (AvgIpc) is 2.32. The number of hydrogen-bond acceptors (Lipinski definition) is 2. The summed E-state index contributed by atoms with van der Waals surface area (Å²) in [5, 5.41) is 9.64. The predicted octanol–water partition coefficient (Wildman–Crippen LogP) is 3.42. The van der Waals surface area contributed by atoms with Crippen molar-refractivity contribution in [2.45, 2.75) is 32.7 Å². The van der Waals surface area contributed by atoms with E-state index < -0.39 is 0 Å². The highest BCUT2D eigenvalue weighted by Crippen LogP contribution is 2.27. The van der Waals surface area contributed by atoms with Gasteiger partial charge in [-0.05, 0) is 59.8 Å². The minimum absolute atomic E-state index is 0.0113. The third kappa shape index (κ3) is 2.69. The Morgan fingerprint density at radius 2 is 2.17 bits per heavy atom. The first-order valence-electron chi connectivity index (χ1n) is 6.28. The lowest BCUT2D eigenvalue weighted by molar-refractivity contribution is 0.0588. The summed E-state index contributed by atoms with van der Waals surface area (Å²) in [4.78, 5) is 14.3. The summed E-state index contributed by atoms with van der Waals surface area (Å²) in [5.74, 6) is 0.804. The number of aromatic hydroxyl groups is 1. The second kappa shape index (κ2) is 5.31. The van der Waals surface area contributed by atoms with Crippen LogP contribution in [0.15, 0.2) is 22.7 Å². The van der Waals surface area contributed by atoms with Crippen LogP contribution in [0, 0.1) is 5.92 Å². The van der Waals surface area contributed by atoms with Gasteiger partial charge in [-0.15, -0.1) is 0 Å². The number of carbonyl (C=O) groups excluding carboxylic acids is 1. The Bertz CT molecular complexity index is 461. The fourth-order valence-corrected chi connectivity index (χ4v) is 2.77. The van der Waals surface area contributed by atoms with Gasteiger partial charge in [0, 0.05) is 18.2 Å². The van der Waals surface area contributed by atoms with Gasteiger partial charge in [0.15, 0.2) is 0 Å². The molecule has 0 aliphatic carbocycles. The summed E-state index contributed by atoms with van der Waals surface area (Å²) in [6, 6.07) is 5.25. The monoisotopic (exact) mass is 311 g/mol. The van der Waals surface area contributed by atoms with E-state index in [2.05, 4.69) is 29.8 Å². The first-order chi connectivity index (χ1) is 8.49. The first kappa shape index (κ1) is 13.4. The number of hydrogen-bond donors (Lipinski definition) is 1. The molecule has 1 amide bonds. The molecule has 0 saturated carbocycles. The van der Waals surface area contributed by atoms with Crippen LogP contribution in [0.25, 0.3) is 0 Å². The predicted molar refractivity (Wildman–Crippen MR) is 74.7 cm³/mol. The van der Waals surface area contributed by atoms with E-state index in [0.29, 0.717) is 16.0 Å². The van der Waals surface area contributed by atoms with Gasteiger partial charge in [0.25, 0.3) is 5.91 Å². The minimum atomic E-state index is 0.0113. The zero-order valence-corrected chi connectivity index (χ0v) is 12.3. The van der Waals surface area contributed by atoms with Crippen LogP contribution in [0.4, 0.5) is 0 Å². The van der Waals surface area contributed by atoms with Crippen molar-refractivity contribution in [3.63, 3.8) is 0 Å². The number of likely N-dealkylation sites (tertiary alicyclic amines) is 1. The summed E-state index contributed by atoms with van der Waals surface area (Å²) in [5.41, 5.74) is 0.553. The van der Waals surface area contributed by atoms with Gasteiger partial charge in [0.2, 0.25) is 0 Å². The molecular weight excluding hydrogens is 294 g/mol. The molecular formula is C14H18BrNO2. The number of phenols is 1. The highest BCUT2D eigenvalue weighted by Gasteiger charge is 2.27. The van der Waals surface area contributed by atoms with Crippen LogP contribution < -0.4 is 0 Å². The Morgan fingerprint density at radius 1 is 1.44 bits per heavy atom. The van der Waals surface area contributed by atoms with Crippen LogP contribution >= 0.6 is 15.9 Å². The number of halogens is 1. The number of carbonyl (C=O) groups is 1. The Labute approximate surface area is 116 Å². The van der Waals surface area contributed by atoms with E-state index in [0.717, 1.165) is 19.4 Å². The van der Waals surface area contributed by atoms with Crippen molar-refractivity contribution < 1.29 is 9.90 Å². The number of rotatable bonds is 1. The van der Waals surface area contributed by atoms with E-state index in [1.54, 1.807) is 12.1 Å². The molecule has 1 aliphatic rings. The van der Waals surface area contributed by atoms with E-state index in [1.165, 1.54) is 6.07 Å². The summed E-state index contributed by atoms with van der Waals surface area (Å²) in [6.45, 7) is 5.12. The molecule has 2 rings (SSSR count). The molecule has 0 spiro atoms. The summed E-state index contributed by atoms with van der Waals surface area (Å²) in [7, 11) is 0. The molecule has 1 heterocycles. The molecule has 18 heavy (non-hydrogen) atoms. The SMILES string of the molecule is CC1CCN(C(=O)c2ccc(Br)c(O)c2)C(C)C1. The van der Waals surface area contributed by atoms with Gasteiger partial charge in [-0.2, -0.15) is 0 Å². The standard InChI is InChI=1S/C14H18BrNO2/c1-9-5-6-16(10(2)7-9)14(18)11-3-4-12(15)13(17)8-11/h3-4,8-10,17H,5-7H2,1-2H3. The van der Waals surface area contributed by atoms with Crippen molar-refractivity contribution >= 4 is 21.8 Å². The molecule has 2 unspecified atom stereocenters. The average molecular weight is 312 g/mol. The van der Waals surface area contributed by atoms with Crippen molar-refractivity contribution in [2.24, 2.45) is 5.92 Å². The molecule has 1 fully saturated rings. The van der Waals surface area contributed by atoms with E-state index in [9.17, 15) is 9.90 Å². The highest BCUT2D eigenvalue weighted by molar-refractivity contribution is 9.10. The number of nitrogens with zero attached hydrogens (tertiary/aromatic N) is 1. The Hall–Kier alpha value is -1.03. The molecule has 1 aromatic rings. The number of amides is 1. The van der Waals surface area contributed by atoms with Gasteiger partial charge < -0.3 is 10.0 Å². The molecule has 0 radical (unpaired) electrons. The maximum absolute atomic E-state index is 12.4. The third-order valence-corrected chi connectivity index (χ3v) is 4.26. The fourth-order valence-electron chi connectivity index (χ4n) is 2.52. The first-order valence-corrected chi connectivity index (χ1v) is 7.08. The zero-order valence-electron chi connectivity index (χ0n) is 10.7. The highest BCUT2D eigenvalue weighted by atomic mass is 79.9. The van der Waals surface area contributed by atoms with Gasteiger partial charge in [-0.1, -0.05) is 6.92 Å². The van der Waals surface area contributed by atoms with Crippen LogP contribution in [-0.4, -0.2) is 28.5 Å². The van der Waals surface area contributed by atoms with E-state index in [1.807, 2.05) is 4.90 Å². The summed E-state index contributed by atoms with van der Waals surface area (Å²) in [6.07, 6.45) is 2.10. The molecule has 1 aromatic carbocycles. The molecule has 0 aromatic heterocycles. The molecule has 4 heteroatoms. The van der Waals surface area contributed by atoms with Gasteiger partial charge in [0.1, 0.15) is 5.75 Å². The molecule has 1 N–H and O–H groups in total. The minimum Gasteiger partial charge on any atom is -0.507 e. The normalized spacial score (nSPS) is 24.1. The Balaban J connectivity index is 2.18. The van der Waals surface area contributed by atoms with E-state index >= 15 is 0 Å². The summed E-state index contributed by atoms with van der Waals surface area (Å²) < 4.78 is 0.611. The second-order valence-electron chi connectivity index (χ2n) is 5.14. The Morgan fingerprint density at radius 3 is 2.78 bits per heavy atom. The van der Waals surface area contributed by atoms with Crippen molar-refractivity contribution in [1.29, 1.82) is 0 Å². The van der Waals surface area contributed by atoms with Crippen molar-refractivity contribution in [2.75, 3.05) is 6.54 Å². The molecule has 98 valence electrons. The lowest BCUT2D eigenvalue weighted by atomic mass is 9.93. The van der Waals surface area contributed by atoms with Gasteiger partial charge >= 0.3 is 0 Å². The number of benzene rings is 1. The lowest BCUT2D eigenvalue weighted by Gasteiger charge is -2.36. The van der Waals surface area contributed by atoms with Crippen LogP contribution in [0.2, 0.25) is 0 Å². The van der Waals surface area contributed by atoms with E-state index in [4.69, 9.17) is 0 Å². The smallest absolute Gasteiger partial charge is 0.254 e. The van der Waals surface area contributed by atoms with Crippen LogP contribution in [0.1, 0.15) is 37.0 Å². The van der Waals surface area contributed by atoms with Gasteiger partial charge in [-0.25, -0.2) is 0 Å². The largest absolute Gasteiger partial charge is 0.507 e. The van der Waals surface area contributed by atoms with Crippen molar-refractivity contribution in [3.05, 3.63) is 28.2 Å². The van der Waals surface area contributed by atoms with Gasteiger partial charge in [0.05, 0.1) is 4.47 Å². The fraction of sp³-hybridized carbons (Fsp3) is 0.500. The van der Waals surface area contributed by atoms with Crippen molar-refractivity contribution in [3.8, 4) is 5.75 Å². The number of phenolic OH excluding ortho intramolecular Hbond substituents is 1. The van der Waals surface area contributed by atoms with Crippen molar-refractivity contribution in [1.82, 2.24) is 4.90 Å². The zero-order chi connectivity index (χ0) is 13.3. The summed E-state index contributed by atoms with van der Waals surface area (Å²) >= 11 is 3.22. The maximum Gasteiger partial charge on any atom is 0.254 e. The topological polar surface area (TPSA) is 40.5 Å². The third-order valence-electron chi connectivity index (χ3n) is 3.59. The quantitative estimate of drug-likeness (QED) is 0.863. The molecule has 0 bridgehead atoms. The van der Waals surface area contributed by atoms with Gasteiger partial charge in [-0.3, -0.25) is 4.79 Å².